The number of nitrogens with zero attached hydrogens (tertiary/aromatic N) is 1. The van der Waals surface area contributed by atoms with Gasteiger partial charge in [0.15, 0.2) is 11.5 Å². The van der Waals surface area contributed by atoms with Gasteiger partial charge in [-0.25, -0.2) is 0 Å². The van der Waals surface area contributed by atoms with Crippen LogP contribution < -0.4 is 4.74 Å². The molecular formula is C26H33NO2. The minimum atomic E-state index is 0.286. The molecule has 3 heteroatoms. The van der Waals surface area contributed by atoms with Gasteiger partial charge in [0, 0.05) is 11.9 Å². The number of ether oxygens (including phenoxy) is 1. The van der Waals surface area contributed by atoms with Crippen molar-refractivity contribution in [1.29, 1.82) is 0 Å². The van der Waals surface area contributed by atoms with Gasteiger partial charge in [-0.1, -0.05) is 19.9 Å². The first-order chi connectivity index (χ1) is 13.9. The third-order valence-corrected chi connectivity index (χ3v) is 9.10. The molecule has 1 aromatic carbocycles. The molecule has 0 spiro atoms. The first-order valence-electron chi connectivity index (χ1n) is 11.2. The van der Waals surface area contributed by atoms with Gasteiger partial charge in [0.05, 0.1) is 7.11 Å². The van der Waals surface area contributed by atoms with Crippen LogP contribution in [-0.4, -0.2) is 17.2 Å². The molecule has 0 saturated heterocycles. The average Bonchev–Trinajstić information content (AvgIpc) is 2.98. The van der Waals surface area contributed by atoms with Crippen molar-refractivity contribution in [2.24, 2.45) is 22.7 Å². The average molecular weight is 392 g/mol. The van der Waals surface area contributed by atoms with Gasteiger partial charge in [-0.05, 0) is 109 Å². The molecule has 5 atom stereocenters. The van der Waals surface area contributed by atoms with Crippen molar-refractivity contribution in [3.05, 3.63) is 53.3 Å². The van der Waals surface area contributed by atoms with Crippen LogP contribution in [0.3, 0.4) is 0 Å². The highest BCUT2D eigenvalue weighted by atomic mass is 16.5. The number of pyridine rings is 1. The number of hydrogen-bond donors (Lipinski definition) is 1. The highest BCUT2D eigenvalue weighted by molar-refractivity contribution is 5.49. The minimum absolute atomic E-state index is 0.286. The largest absolute Gasteiger partial charge is 0.504 e. The van der Waals surface area contributed by atoms with E-state index in [2.05, 4.69) is 37.0 Å². The number of aromatic hydroxyl groups is 1. The molecule has 3 aliphatic carbocycles. The fourth-order valence-electron chi connectivity index (χ4n) is 7.31. The topological polar surface area (TPSA) is 42.4 Å². The van der Waals surface area contributed by atoms with Crippen LogP contribution in [0.2, 0.25) is 0 Å². The Labute approximate surface area is 174 Å². The van der Waals surface area contributed by atoms with Crippen molar-refractivity contribution in [2.75, 3.05) is 7.11 Å². The number of aryl methyl sites for hydroxylation is 1. The maximum absolute atomic E-state index is 10.2. The SMILES string of the molecule is COc1cc2c(cc1O)CCC1C2CCC2(C)C1CCC2(C)Cc1ccccn1. The second kappa shape index (κ2) is 6.75. The second-order valence-electron chi connectivity index (χ2n) is 10.2. The van der Waals surface area contributed by atoms with Gasteiger partial charge in [0.25, 0.3) is 0 Å². The molecule has 3 nitrogen and oxygen atoms in total. The summed E-state index contributed by atoms with van der Waals surface area (Å²) >= 11 is 0. The molecule has 1 heterocycles. The quantitative estimate of drug-likeness (QED) is 0.708. The number of hydrogen-bond acceptors (Lipinski definition) is 3. The molecular weight excluding hydrogens is 358 g/mol. The number of fused-ring (bicyclic) bond motifs is 5. The number of phenolic OH excluding ortho intramolecular Hbond substituents is 1. The van der Waals surface area contributed by atoms with Crippen LogP contribution in [0.25, 0.3) is 0 Å². The molecule has 2 fully saturated rings. The molecule has 0 radical (unpaired) electrons. The highest BCUT2D eigenvalue weighted by Gasteiger charge is 2.59. The Hall–Kier alpha value is -2.03. The molecule has 5 unspecified atom stereocenters. The molecule has 0 amide bonds. The third-order valence-electron chi connectivity index (χ3n) is 9.10. The van der Waals surface area contributed by atoms with Gasteiger partial charge in [0.2, 0.25) is 0 Å². The summed E-state index contributed by atoms with van der Waals surface area (Å²) in [7, 11) is 1.65. The first kappa shape index (κ1) is 19.0. The molecule has 2 saturated carbocycles. The van der Waals surface area contributed by atoms with E-state index in [0.29, 0.717) is 22.5 Å². The lowest BCUT2D eigenvalue weighted by atomic mass is 9.50. The van der Waals surface area contributed by atoms with Crippen LogP contribution >= 0.6 is 0 Å². The third kappa shape index (κ3) is 2.80. The van der Waals surface area contributed by atoms with Gasteiger partial charge >= 0.3 is 0 Å². The van der Waals surface area contributed by atoms with E-state index in [0.717, 1.165) is 24.7 Å². The van der Waals surface area contributed by atoms with Crippen molar-refractivity contribution in [2.45, 2.75) is 64.7 Å². The molecule has 0 aliphatic heterocycles. The number of methoxy groups -OCH3 is 1. The summed E-state index contributed by atoms with van der Waals surface area (Å²) in [6.45, 7) is 5.11. The Kier molecular flexibility index (Phi) is 4.42. The summed E-state index contributed by atoms with van der Waals surface area (Å²) in [6.07, 6.45) is 10.5. The Morgan fingerprint density at radius 2 is 2.00 bits per heavy atom. The van der Waals surface area contributed by atoms with Crippen LogP contribution in [0, 0.1) is 22.7 Å². The summed E-state index contributed by atoms with van der Waals surface area (Å²) in [5.74, 6) is 3.06. The summed E-state index contributed by atoms with van der Waals surface area (Å²) in [5, 5.41) is 10.2. The van der Waals surface area contributed by atoms with E-state index in [1.165, 1.54) is 48.9 Å². The lowest BCUT2D eigenvalue weighted by molar-refractivity contribution is -0.0181. The van der Waals surface area contributed by atoms with Crippen LogP contribution in [0.5, 0.6) is 11.5 Å². The zero-order valence-corrected chi connectivity index (χ0v) is 17.9. The maximum atomic E-state index is 10.2. The predicted molar refractivity (Wildman–Crippen MR) is 115 cm³/mol. The second-order valence-corrected chi connectivity index (χ2v) is 10.2. The number of rotatable bonds is 3. The van der Waals surface area contributed by atoms with Gasteiger partial charge in [-0.2, -0.15) is 0 Å². The Morgan fingerprint density at radius 3 is 2.76 bits per heavy atom. The van der Waals surface area contributed by atoms with E-state index in [-0.39, 0.29) is 5.75 Å². The van der Waals surface area contributed by atoms with Crippen molar-refractivity contribution >= 4 is 0 Å². The highest BCUT2D eigenvalue weighted by Crippen LogP contribution is 2.68. The minimum Gasteiger partial charge on any atom is -0.504 e. The standard InChI is InChI=1S/C26H33NO2/c1-25(16-18-6-4-5-13-27-18)11-10-22-20-8-7-17-14-23(28)24(29-3)15-21(17)19(20)9-12-26(22,25)2/h4-6,13-15,19-20,22,28H,7-12,16H2,1-3H3. The van der Waals surface area contributed by atoms with Crippen LogP contribution in [0.15, 0.2) is 36.5 Å². The molecule has 5 rings (SSSR count). The normalized spacial score (nSPS) is 35.5. The molecule has 29 heavy (non-hydrogen) atoms. The van der Waals surface area contributed by atoms with E-state index < -0.39 is 0 Å². The van der Waals surface area contributed by atoms with Crippen molar-refractivity contribution in [1.82, 2.24) is 4.98 Å². The number of aromatic nitrogens is 1. The fraction of sp³-hybridized carbons (Fsp3) is 0.577. The summed E-state index contributed by atoms with van der Waals surface area (Å²) < 4.78 is 5.44. The fourth-order valence-corrected chi connectivity index (χ4v) is 7.31. The smallest absolute Gasteiger partial charge is 0.160 e. The lowest BCUT2D eigenvalue weighted by Crippen LogP contribution is -2.46. The Bertz CT molecular complexity index is 910. The van der Waals surface area contributed by atoms with E-state index in [1.807, 2.05) is 18.3 Å². The van der Waals surface area contributed by atoms with Gasteiger partial charge in [-0.3, -0.25) is 4.98 Å². The summed E-state index contributed by atoms with van der Waals surface area (Å²) in [6, 6.07) is 10.4. The lowest BCUT2D eigenvalue weighted by Gasteiger charge is -2.54. The zero-order chi connectivity index (χ0) is 20.2. The van der Waals surface area contributed by atoms with E-state index in [1.54, 1.807) is 7.11 Å². The van der Waals surface area contributed by atoms with Crippen LogP contribution in [0.4, 0.5) is 0 Å². The molecule has 2 aromatic rings. The summed E-state index contributed by atoms with van der Waals surface area (Å²) in [5.41, 5.74) is 4.72. The van der Waals surface area contributed by atoms with Gasteiger partial charge < -0.3 is 9.84 Å². The van der Waals surface area contributed by atoms with Crippen molar-refractivity contribution < 1.29 is 9.84 Å². The maximum Gasteiger partial charge on any atom is 0.160 e. The van der Waals surface area contributed by atoms with E-state index in [4.69, 9.17) is 4.74 Å². The van der Waals surface area contributed by atoms with E-state index >= 15 is 0 Å². The monoisotopic (exact) mass is 391 g/mol. The molecule has 0 bridgehead atoms. The molecule has 154 valence electrons. The van der Waals surface area contributed by atoms with Crippen LogP contribution in [0.1, 0.15) is 68.7 Å². The molecule has 1 N–H and O–H groups in total. The Morgan fingerprint density at radius 1 is 1.14 bits per heavy atom. The summed E-state index contributed by atoms with van der Waals surface area (Å²) in [4.78, 5) is 4.66. The van der Waals surface area contributed by atoms with Gasteiger partial charge in [-0.15, -0.1) is 0 Å². The van der Waals surface area contributed by atoms with Crippen LogP contribution in [-0.2, 0) is 12.8 Å². The zero-order valence-electron chi connectivity index (χ0n) is 17.9. The predicted octanol–water partition coefficient (Wildman–Crippen LogP) is 5.90. The first-order valence-corrected chi connectivity index (χ1v) is 11.2. The van der Waals surface area contributed by atoms with Crippen molar-refractivity contribution in [3.63, 3.8) is 0 Å². The van der Waals surface area contributed by atoms with Crippen molar-refractivity contribution in [3.8, 4) is 11.5 Å². The van der Waals surface area contributed by atoms with Gasteiger partial charge in [0.1, 0.15) is 0 Å². The number of benzene rings is 1. The Balaban J connectivity index is 1.46. The van der Waals surface area contributed by atoms with E-state index in [9.17, 15) is 5.11 Å². The molecule has 3 aliphatic rings. The number of phenols is 1. The molecule has 1 aromatic heterocycles.